The third-order valence-electron chi connectivity index (χ3n) is 6.64. The van der Waals surface area contributed by atoms with E-state index in [1.54, 1.807) is 40.7 Å². The van der Waals surface area contributed by atoms with Gasteiger partial charge in [0.1, 0.15) is 18.2 Å². The molecule has 2 aromatic carbocycles. The molecule has 2 saturated heterocycles. The Kier molecular flexibility index (Phi) is 8.75. The normalized spacial score (nSPS) is 19.9. The number of likely N-dealkylation sites (tertiary alicyclic amines) is 1. The summed E-state index contributed by atoms with van der Waals surface area (Å²) >= 11 is 0. The Balaban J connectivity index is 1.19. The van der Waals surface area contributed by atoms with Crippen LogP contribution in [0.3, 0.4) is 0 Å². The van der Waals surface area contributed by atoms with E-state index in [1.807, 2.05) is 0 Å². The first-order chi connectivity index (χ1) is 16.9. The van der Waals surface area contributed by atoms with Crippen LogP contribution in [-0.4, -0.2) is 62.9 Å². The van der Waals surface area contributed by atoms with Crippen molar-refractivity contribution in [3.63, 3.8) is 0 Å². The van der Waals surface area contributed by atoms with E-state index in [0.717, 1.165) is 44.2 Å². The zero-order valence-electron chi connectivity index (χ0n) is 20.0. The maximum absolute atomic E-state index is 13.1. The number of benzene rings is 2. The minimum Gasteiger partial charge on any atom is -0.492 e. The maximum atomic E-state index is 13.1. The topological polar surface area (TPSA) is 78.9 Å². The standard InChI is InChI=1S/C26H34FN3O4S/c27-23-8-6-21(7-9-23)19-29-15-4-5-22(20-29)26(31)28-14-18-34-24-10-12-25(13-11-24)35(32,33)30-16-2-1-3-17-30/h6-13,22H,1-5,14-20H2,(H,28,31)/t22-/m0/s1. The van der Waals surface area contributed by atoms with Gasteiger partial charge in [0.05, 0.1) is 17.4 Å². The molecule has 9 heteroatoms. The van der Waals surface area contributed by atoms with E-state index >= 15 is 0 Å². The molecule has 0 bridgehead atoms. The number of carbonyl (C=O) groups excluding carboxylic acids is 1. The second-order valence-electron chi connectivity index (χ2n) is 9.28. The molecule has 4 rings (SSSR count). The summed E-state index contributed by atoms with van der Waals surface area (Å²) in [6, 6.07) is 13.0. The van der Waals surface area contributed by atoms with E-state index in [1.165, 1.54) is 12.1 Å². The monoisotopic (exact) mass is 503 g/mol. The predicted molar refractivity (Wildman–Crippen MR) is 132 cm³/mol. The number of hydrogen-bond donors (Lipinski definition) is 1. The van der Waals surface area contributed by atoms with E-state index in [0.29, 0.717) is 45.1 Å². The highest BCUT2D eigenvalue weighted by Gasteiger charge is 2.26. The molecule has 0 unspecified atom stereocenters. The van der Waals surface area contributed by atoms with E-state index in [4.69, 9.17) is 4.74 Å². The summed E-state index contributed by atoms with van der Waals surface area (Å²) in [5.74, 6) is 0.258. The largest absolute Gasteiger partial charge is 0.492 e. The van der Waals surface area contributed by atoms with Crippen molar-refractivity contribution in [1.82, 2.24) is 14.5 Å². The third kappa shape index (κ3) is 7.02. The Morgan fingerprint density at radius 1 is 0.971 bits per heavy atom. The number of sulfonamides is 1. The quantitative estimate of drug-likeness (QED) is 0.531. The number of rotatable bonds is 9. The Labute approximate surface area is 207 Å². The second-order valence-corrected chi connectivity index (χ2v) is 11.2. The molecule has 1 N–H and O–H groups in total. The van der Waals surface area contributed by atoms with Gasteiger partial charge in [0, 0.05) is 26.2 Å². The highest BCUT2D eigenvalue weighted by molar-refractivity contribution is 7.89. The summed E-state index contributed by atoms with van der Waals surface area (Å²) in [5.41, 5.74) is 1.04. The number of piperidine rings is 2. The van der Waals surface area contributed by atoms with Gasteiger partial charge >= 0.3 is 0 Å². The lowest BCUT2D eigenvalue weighted by atomic mass is 9.96. The van der Waals surface area contributed by atoms with Gasteiger partial charge in [0.2, 0.25) is 15.9 Å². The van der Waals surface area contributed by atoms with Crippen molar-refractivity contribution in [2.75, 3.05) is 39.3 Å². The first-order valence-corrected chi connectivity index (χ1v) is 13.8. The maximum Gasteiger partial charge on any atom is 0.243 e. The van der Waals surface area contributed by atoms with Crippen LogP contribution < -0.4 is 10.1 Å². The van der Waals surface area contributed by atoms with Gasteiger partial charge in [0.25, 0.3) is 0 Å². The number of nitrogens with one attached hydrogen (secondary N) is 1. The molecule has 190 valence electrons. The zero-order chi connectivity index (χ0) is 24.7. The van der Waals surface area contributed by atoms with Crippen LogP contribution >= 0.6 is 0 Å². The average molecular weight is 504 g/mol. The summed E-state index contributed by atoms with van der Waals surface area (Å²) in [7, 11) is -3.45. The second kappa shape index (κ2) is 12.0. The lowest BCUT2D eigenvalue weighted by Gasteiger charge is -2.32. The lowest BCUT2D eigenvalue weighted by Crippen LogP contribution is -2.43. The van der Waals surface area contributed by atoms with Crippen molar-refractivity contribution < 1.29 is 22.3 Å². The van der Waals surface area contributed by atoms with Crippen molar-refractivity contribution in [2.24, 2.45) is 5.92 Å². The van der Waals surface area contributed by atoms with Crippen LogP contribution in [0, 0.1) is 11.7 Å². The van der Waals surface area contributed by atoms with Crippen molar-refractivity contribution in [3.05, 3.63) is 59.9 Å². The van der Waals surface area contributed by atoms with E-state index in [9.17, 15) is 17.6 Å². The average Bonchev–Trinajstić information content (AvgIpc) is 2.89. The van der Waals surface area contributed by atoms with Crippen molar-refractivity contribution in [3.8, 4) is 5.75 Å². The highest BCUT2D eigenvalue weighted by Crippen LogP contribution is 2.23. The SMILES string of the molecule is O=C(NCCOc1ccc(S(=O)(=O)N2CCCCC2)cc1)[C@H]1CCCN(Cc2ccc(F)cc2)C1. The van der Waals surface area contributed by atoms with Crippen molar-refractivity contribution in [2.45, 2.75) is 43.5 Å². The molecule has 0 aliphatic carbocycles. The van der Waals surface area contributed by atoms with Crippen LogP contribution in [-0.2, 0) is 21.4 Å². The number of hydrogen-bond acceptors (Lipinski definition) is 5. The number of carbonyl (C=O) groups is 1. The van der Waals surface area contributed by atoms with Crippen LogP contribution in [0.4, 0.5) is 4.39 Å². The van der Waals surface area contributed by atoms with Crippen LogP contribution in [0.25, 0.3) is 0 Å². The van der Waals surface area contributed by atoms with Gasteiger partial charge in [-0.2, -0.15) is 4.31 Å². The molecule has 2 fully saturated rings. The molecule has 1 atom stereocenters. The molecule has 2 aliphatic rings. The van der Waals surface area contributed by atoms with E-state index in [-0.39, 0.29) is 22.5 Å². The first-order valence-electron chi connectivity index (χ1n) is 12.4. The Morgan fingerprint density at radius 3 is 2.40 bits per heavy atom. The molecular formula is C26H34FN3O4S. The molecule has 7 nitrogen and oxygen atoms in total. The van der Waals surface area contributed by atoms with Gasteiger partial charge in [-0.05, 0) is 74.2 Å². The lowest BCUT2D eigenvalue weighted by molar-refractivity contribution is -0.126. The van der Waals surface area contributed by atoms with Gasteiger partial charge in [-0.25, -0.2) is 12.8 Å². The number of ether oxygens (including phenoxy) is 1. The molecular weight excluding hydrogens is 469 g/mol. The minimum atomic E-state index is -3.45. The predicted octanol–water partition coefficient (Wildman–Crippen LogP) is 3.41. The summed E-state index contributed by atoms with van der Waals surface area (Å²) in [6.45, 7) is 4.13. The van der Waals surface area contributed by atoms with Crippen molar-refractivity contribution >= 4 is 15.9 Å². The Bertz CT molecular complexity index is 1070. The van der Waals surface area contributed by atoms with E-state index < -0.39 is 10.0 Å². The van der Waals surface area contributed by atoms with Gasteiger partial charge in [0.15, 0.2) is 0 Å². The fourth-order valence-electron chi connectivity index (χ4n) is 4.71. The van der Waals surface area contributed by atoms with Gasteiger partial charge in [-0.1, -0.05) is 18.6 Å². The molecule has 2 aromatic rings. The fraction of sp³-hybridized carbons (Fsp3) is 0.500. The van der Waals surface area contributed by atoms with Crippen molar-refractivity contribution in [1.29, 1.82) is 0 Å². The minimum absolute atomic E-state index is 0.0142. The molecule has 0 spiro atoms. The van der Waals surface area contributed by atoms with Crippen LogP contribution in [0.2, 0.25) is 0 Å². The van der Waals surface area contributed by atoms with Gasteiger partial charge < -0.3 is 10.1 Å². The molecule has 35 heavy (non-hydrogen) atoms. The summed E-state index contributed by atoms with van der Waals surface area (Å²) in [6.07, 6.45) is 4.67. The summed E-state index contributed by atoms with van der Waals surface area (Å²) in [5, 5.41) is 2.95. The molecule has 2 aliphatic heterocycles. The smallest absolute Gasteiger partial charge is 0.243 e. The van der Waals surface area contributed by atoms with Gasteiger partial charge in [-0.3, -0.25) is 9.69 Å². The number of amides is 1. The number of nitrogens with zero attached hydrogens (tertiary/aromatic N) is 2. The highest BCUT2D eigenvalue weighted by atomic mass is 32.2. The first kappa shape index (κ1) is 25.6. The fourth-order valence-corrected chi connectivity index (χ4v) is 6.23. The molecule has 2 heterocycles. The Morgan fingerprint density at radius 2 is 1.69 bits per heavy atom. The third-order valence-corrected chi connectivity index (χ3v) is 8.56. The van der Waals surface area contributed by atoms with Gasteiger partial charge in [-0.15, -0.1) is 0 Å². The molecule has 0 aromatic heterocycles. The van der Waals surface area contributed by atoms with Crippen LogP contribution in [0.1, 0.15) is 37.7 Å². The number of halogens is 1. The summed E-state index contributed by atoms with van der Waals surface area (Å²) < 4.78 is 45.9. The Hall–Kier alpha value is -2.49. The zero-order valence-corrected chi connectivity index (χ0v) is 20.8. The van der Waals surface area contributed by atoms with Crippen LogP contribution in [0.5, 0.6) is 5.75 Å². The van der Waals surface area contributed by atoms with Crippen LogP contribution in [0.15, 0.2) is 53.4 Å². The molecule has 0 radical (unpaired) electrons. The molecule has 0 saturated carbocycles. The summed E-state index contributed by atoms with van der Waals surface area (Å²) in [4.78, 5) is 15.2. The molecule has 1 amide bonds. The van der Waals surface area contributed by atoms with E-state index in [2.05, 4.69) is 10.2 Å².